The van der Waals surface area contributed by atoms with Gasteiger partial charge in [0.05, 0.1) is 11.3 Å². The summed E-state index contributed by atoms with van der Waals surface area (Å²) in [7, 11) is 0. The Balaban J connectivity index is 2.19. The van der Waals surface area contributed by atoms with Crippen molar-refractivity contribution in [3.05, 3.63) is 48.8 Å². The number of hydrogen-bond donors (Lipinski definition) is 2. The Labute approximate surface area is 136 Å². The molecule has 0 saturated carbocycles. The van der Waals surface area contributed by atoms with E-state index in [9.17, 15) is 0 Å². The minimum Gasteiger partial charge on any atom is -0.399 e. The number of hydrogen-bond acceptors (Lipinski definition) is 4. The number of rotatable bonds is 5. The fourth-order valence-electron chi connectivity index (χ4n) is 2.74. The molecule has 2 heterocycles. The number of pyridine rings is 1. The van der Waals surface area contributed by atoms with Crippen molar-refractivity contribution >= 4 is 11.5 Å². The van der Waals surface area contributed by atoms with Crippen molar-refractivity contribution in [3.8, 4) is 22.4 Å². The SMILES string of the molecule is CCN(CC)c1n[nH]c(-c2ccc(N)cc2)c1-c1ccncc1. The highest BCUT2D eigenvalue weighted by Crippen LogP contribution is 2.37. The van der Waals surface area contributed by atoms with Crippen LogP contribution < -0.4 is 10.6 Å². The van der Waals surface area contributed by atoms with Gasteiger partial charge in [0.15, 0.2) is 5.82 Å². The van der Waals surface area contributed by atoms with Crippen molar-refractivity contribution in [2.75, 3.05) is 23.7 Å². The van der Waals surface area contributed by atoms with E-state index in [1.54, 1.807) is 12.4 Å². The van der Waals surface area contributed by atoms with E-state index in [1.807, 2.05) is 36.4 Å². The molecular formula is C18H21N5. The zero-order valence-corrected chi connectivity index (χ0v) is 13.5. The molecule has 5 heteroatoms. The summed E-state index contributed by atoms with van der Waals surface area (Å²) in [6.45, 7) is 6.08. The van der Waals surface area contributed by atoms with E-state index in [0.29, 0.717) is 0 Å². The van der Waals surface area contributed by atoms with Crippen molar-refractivity contribution in [2.24, 2.45) is 0 Å². The smallest absolute Gasteiger partial charge is 0.158 e. The van der Waals surface area contributed by atoms with E-state index in [-0.39, 0.29) is 0 Å². The molecule has 2 aromatic heterocycles. The number of aromatic nitrogens is 3. The summed E-state index contributed by atoms with van der Waals surface area (Å²) in [4.78, 5) is 6.37. The van der Waals surface area contributed by atoms with E-state index in [0.717, 1.165) is 47.0 Å². The molecule has 3 N–H and O–H groups in total. The summed E-state index contributed by atoms with van der Waals surface area (Å²) >= 11 is 0. The van der Waals surface area contributed by atoms with Gasteiger partial charge >= 0.3 is 0 Å². The second kappa shape index (κ2) is 6.52. The number of nitrogens with zero attached hydrogens (tertiary/aromatic N) is 3. The quantitative estimate of drug-likeness (QED) is 0.707. The second-order valence-electron chi connectivity index (χ2n) is 5.33. The fraction of sp³-hybridized carbons (Fsp3) is 0.222. The zero-order chi connectivity index (χ0) is 16.2. The Bertz CT molecular complexity index is 758. The molecule has 23 heavy (non-hydrogen) atoms. The average Bonchev–Trinajstić information content (AvgIpc) is 3.02. The lowest BCUT2D eigenvalue weighted by Crippen LogP contribution is -2.22. The van der Waals surface area contributed by atoms with E-state index in [2.05, 4.69) is 33.9 Å². The van der Waals surface area contributed by atoms with Crippen molar-refractivity contribution in [3.63, 3.8) is 0 Å². The van der Waals surface area contributed by atoms with E-state index >= 15 is 0 Å². The summed E-state index contributed by atoms with van der Waals surface area (Å²) in [5.74, 6) is 0.966. The van der Waals surface area contributed by atoms with Gasteiger partial charge in [-0.2, -0.15) is 5.10 Å². The molecule has 5 nitrogen and oxygen atoms in total. The van der Waals surface area contributed by atoms with Crippen LogP contribution in [0.2, 0.25) is 0 Å². The van der Waals surface area contributed by atoms with Gasteiger partial charge in [0, 0.05) is 36.7 Å². The van der Waals surface area contributed by atoms with Crippen LogP contribution in [-0.2, 0) is 0 Å². The molecule has 3 rings (SSSR count). The summed E-state index contributed by atoms with van der Waals surface area (Å²) < 4.78 is 0. The minimum atomic E-state index is 0.752. The predicted molar refractivity (Wildman–Crippen MR) is 95.2 cm³/mol. The van der Waals surface area contributed by atoms with Gasteiger partial charge in [-0.15, -0.1) is 0 Å². The largest absolute Gasteiger partial charge is 0.399 e. The number of nitrogens with two attached hydrogens (primary N) is 1. The lowest BCUT2D eigenvalue weighted by Gasteiger charge is -2.20. The maximum Gasteiger partial charge on any atom is 0.158 e. The molecular weight excluding hydrogens is 286 g/mol. The average molecular weight is 307 g/mol. The van der Waals surface area contributed by atoms with Gasteiger partial charge in [0.2, 0.25) is 0 Å². The van der Waals surface area contributed by atoms with E-state index in [1.165, 1.54) is 0 Å². The monoisotopic (exact) mass is 307 g/mol. The first kappa shape index (κ1) is 15.1. The first-order chi connectivity index (χ1) is 11.2. The Morgan fingerprint density at radius 2 is 1.61 bits per heavy atom. The van der Waals surface area contributed by atoms with Crippen molar-refractivity contribution in [1.29, 1.82) is 0 Å². The molecule has 0 aliphatic carbocycles. The molecule has 0 saturated heterocycles. The molecule has 0 aliphatic heterocycles. The topological polar surface area (TPSA) is 70.8 Å². The third-order valence-electron chi connectivity index (χ3n) is 3.98. The molecule has 0 unspecified atom stereocenters. The van der Waals surface area contributed by atoms with Gasteiger partial charge in [0.25, 0.3) is 0 Å². The number of nitrogen functional groups attached to an aromatic ring is 1. The molecule has 0 aliphatic rings. The second-order valence-corrected chi connectivity index (χ2v) is 5.33. The number of anilines is 2. The standard InChI is InChI=1S/C18H21N5/c1-3-23(4-2)18-16(13-9-11-20-12-10-13)17(21-22-18)14-5-7-15(19)8-6-14/h5-12H,3-4,19H2,1-2H3,(H,21,22). The molecule has 1 aromatic carbocycles. The number of benzene rings is 1. The first-order valence-electron chi connectivity index (χ1n) is 7.84. The van der Waals surface area contributed by atoms with Crippen molar-refractivity contribution in [2.45, 2.75) is 13.8 Å². The molecule has 0 radical (unpaired) electrons. The van der Waals surface area contributed by atoms with Crippen LogP contribution in [0.1, 0.15) is 13.8 Å². The highest BCUT2D eigenvalue weighted by atomic mass is 15.3. The van der Waals surface area contributed by atoms with Gasteiger partial charge in [-0.3, -0.25) is 10.1 Å². The molecule has 0 bridgehead atoms. The Morgan fingerprint density at radius 1 is 0.957 bits per heavy atom. The molecule has 0 spiro atoms. The Morgan fingerprint density at radius 3 is 2.22 bits per heavy atom. The van der Waals surface area contributed by atoms with Crippen LogP contribution in [-0.4, -0.2) is 28.3 Å². The summed E-state index contributed by atoms with van der Waals surface area (Å²) in [5, 5.41) is 7.79. The fourth-order valence-corrected chi connectivity index (χ4v) is 2.74. The van der Waals surface area contributed by atoms with E-state index < -0.39 is 0 Å². The van der Waals surface area contributed by atoms with Crippen molar-refractivity contribution in [1.82, 2.24) is 15.2 Å². The van der Waals surface area contributed by atoms with Gasteiger partial charge in [-0.1, -0.05) is 12.1 Å². The lowest BCUT2D eigenvalue weighted by atomic mass is 10.0. The summed E-state index contributed by atoms with van der Waals surface area (Å²) in [6.07, 6.45) is 3.61. The third-order valence-corrected chi connectivity index (χ3v) is 3.98. The molecule has 0 atom stereocenters. The maximum absolute atomic E-state index is 5.81. The number of nitrogens with one attached hydrogen (secondary N) is 1. The van der Waals surface area contributed by atoms with Crippen LogP contribution >= 0.6 is 0 Å². The van der Waals surface area contributed by atoms with Crippen LogP contribution in [0.5, 0.6) is 0 Å². The zero-order valence-electron chi connectivity index (χ0n) is 13.5. The van der Waals surface area contributed by atoms with Gasteiger partial charge in [0.1, 0.15) is 0 Å². The third kappa shape index (κ3) is 2.90. The van der Waals surface area contributed by atoms with Gasteiger partial charge in [-0.05, 0) is 43.7 Å². The van der Waals surface area contributed by atoms with Crippen LogP contribution in [0.25, 0.3) is 22.4 Å². The Hall–Kier alpha value is -2.82. The summed E-state index contributed by atoms with van der Waals surface area (Å²) in [5.41, 5.74) is 10.8. The number of H-pyrrole nitrogens is 1. The molecule has 0 fully saturated rings. The lowest BCUT2D eigenvalue weighted by molar-refractivity contribution is 0.840. The molecule has 3 aromatic rings. The Kier molecular flexibility index (Phi) is 4.28. The van der Waals surface area contributed by atoms with E-state index in [4.69, 9.17) is 5.73 Å². The van der Waals surface area contributed by atoms with Crippen LogP contribution in [0.15, 0.2) is 48.8 Å². The summed E-state index contributed by atoms with van der Waals surface area (Å²) in [6, 6.07) is 11.9. The van der Waals surface area contributed by atoms with Crippen LogP contribution in [0, 0.1) is 0 Å². The molecule has 0 amide bonds. The highest BCUT2D eigenvalue weighted by Gasteiger charge is 2.19. The maximum atomic E-state index is 5.81. The first-order valence-corrected chi connectivity index (χ1v) is 7.84. The highest BCUT2D eigenvalue weighted by molar-refractivity contribution is 5.89. The predicted octanol–water partition coefficient (Wildman–Crippen LogP) is 3.57. The number of aromatic amines is 1. The van der Waals surface area contributed by atoms with Crippen LogP contribution in [0.3, 0.4) is 0 Å². The minimum absolute atomic E-state index is 0.752. The van der Waals surface area contributed by atoms with Gasteiger partial charge in [-0.25, -0.2) is 0 Å². The van der Waals surface area contributed by atoms with Crippen LogP contribution in [0.4, 0.5) is 11.5 Å². The van der Waals surface area contributed by atoms with Crippen molar-refractivity contribution < 1.29 is 0 Å². The normalized spacial score (nSPS) is 10.7. The van der Waals surface area contributed by atoms with Gasteiger partial charge < -0.3 is 10.6 Å². The molecule has 118 valence electrons.